The summed E-state index contributed by atoms with van der Waals surface area (Å²) in [5, 5.41) is 8.41. The Morgan fingerprint density at radius 2 is 2.07 bits per heavy atom. The van der Waals surface area contributed by atoms with Gasteiger partial charge in [-0.15, -0.1) is 0 Å². The number of rotatable bonds is 6. The van der Waals surface area contributed by atoms with Crippen molar-refractivity contribution >= 4 is 16.0 Å². The first-order valence-electron chi connectivity index (χ1n) is 5.11. The van der Waals surface area contributed by atoms with Crippen LogP contribution in [-0.2, 0) is 14.8 Å². The Labute approximate surface area is 90.1 Å². The molecular weight excluding hydrogens is 218 g/mol. The van der Waals surface area contributed by atoms with Crippen LogP contribution in [0.15, 0.2) is 0 Å². The van der Waals surface area contributed by atoms with Gasteiger partial charge in [0.05, 0.1) is 5.75 Å². The quantitative estimate of drug-likeness (QED) is 0.734. The molecule has 0 radical (unpaired) electrons. The number of carboxylic acids is 1. The Kier molecular flexibility index (Phi) is 4.10. The Hall–Kier alpha value is -0.620. The van der Waals surface area contributed by atoms with Crippen LogP contribution in [0.4, 0.5) is 0 Å². The van der Waals surface area contributed by atoms with Gasteiger partial charge in [-0.25, -0.2) is 12.7 Å². The van der Waals surface area contributed by atoms with Crippen LogP contribution in [0.3, 0.4) is 0 Å². The van der Waals surface area contributed by atoms with Crippen molar-refractivity contribution in [2.45, 2.75) is 38.1 Å². The highest BCUT2D eigenvalue weighted by Crippen LogP contribution is 2.25. The molecule has 0 amide bonds. The fourth-order valence-corrected chi connectivity index (χ4v) is 2.99. The summed E-state index contributed by atoms with van der Waals surface area (Å²) in [5.41, 5.74) is 0. The number of sulfonamides is 1. The average Bonchev–Trinajstić information content (AvgIpc) is 1.99. The summed E-state index contributed by atoms with van der Waals surface area (Å²) in [4.78, 5) is 10.2. The molecule has 5 nitrogen and oxygen atoms in total. The number of nitrogens with zero attached hydrogens (tertiary/aromatic N) is 1. The van der Waals surface area contributed by atoms with E-state index in [4.69, 9.17) is 5.11 Å². The van der Waals surface area contributed by atoms with Crippen molar-refractivity contribution < 1.29 is 18.3 Å². The predicted octanol–water partition coefficient (Wildman–Crippen LogP) is 0.665. The highest BCUT2D eigenvalue weighted by atomic mass is 32.2. The SMILES string of the molecule is CN(C1CCC1)S(=O)(=O)CCCC(=O)O. The van der Waals surface area contributed by atoms with Gasteiger partial charge in [-0.05, 0) is 19.3 Å². The lowest BCUT2D eigenvalue weighted by Crippen LogP contribution is -2.42. The molecule has 0 aromatic heterocycles. The third kappa shape index (κ3) is 3.46. The van der Waals surface area contributed by atoms with Crippen LogP contribution in [0.1, 0.15) is 32.1 Å². The van der Waals surface area contributed by atoms with E-state index in [1.807, 2.05) is 0 Å². The summed E-state index contributed by atoms with van der Waals surface area (Å²) in [6.07, 6.45) is 3.04. The Morgan fingerprint density at radius 3 is 2.47 bits per heavy atom. The van der Waals surface area contributed by atoms with Crippen molar-refractivity contribution in [1.29, 1.82) is 0 Å². The van der Waals surface area contributed by atoms with Crippen LogP contribution >= 0.6 is 0 Å². The van der Waals surface area contributed by atoms with E-state index >= 15 is 0 Å². The van der Waals surface area contributed by atoms with Crippen molar-refractivity contribution in [2.75, 3.05) is 12.8 Å². The van der Waals surface area contributed by atoms with Crippen molar-refractivity contribution in [3.05, 3.63) is 0 Å². The average molecular weight is 235 g/mol. The molecule has 0 unspecified atom stereocenters. The summed E-state index contributed by atoms with van der Waals surface area (Å²) in [6.45, 7) is 0. The zero-order valence-electron chi connectivity index (χ0n) is 8.85. The number of carboxylic acid groups (broad SMARTS) is 1. The van der Waals surface area contributed by atoms with Gasteiger partial charge in [0.1, 0.15) is 0 Å². The molecule has 0 saturated heterocycles. The zero-order valence-corrected chi connectivity index (χ0v) is 9.66. The molecule has 15 heavy (non-hydrogen) atoms. The molecule has 1 rings (SSSR count). The van der Waals surface area contributed by atoms with Gasteiger partial charge in [0.15, 0.2) is 0 Å². The lowest BCUT2D eigenvalue weighted by atomic mass is 9.94. The maximum atomic E-state index is 11.7. The molecule has 1 saturated carbocycles. The van der Waals surface area contributed by atoms with E-state index in [9.17, 15) is 13.2 Å². The molecule has 0 atom stereocenters. The Morgan fingerprint density at radius 1 is 1.47 bits per heavy atom. The molecule has 0 bridgehead atoms. The first-order valence-corrected chi connectivity index (χ1v) is 6.72. The zero-order chi connectivity index (χ0) is 11.5. The van der Waals surface area contributed by atoms with Crippen LogP contribution in [0.25, 0.3) is 0 Å². The van der Waals surface area contributed by atoms with Crippen LogP contribution in [0.5, 0.6) is 0 Å². The lowest BCUT2D eigenvalue weighted by Gasteiger charge is -2.33. The van der Waals surface area contributed by atoms with Gasteiger partial charge in [0.2, 0.25) is 10.0 Å². The van der Waals surface area contributed by atoms with Gasteiger partial charge in [0.25, 0.3) is 0 Å². The summed E-state index contributed by atoms with van der Waals surface area (Å²) in [6, 6.07) is 0.139. The maximum absolute atomic E-state index is 11.7. The molecule has 0 heterocycles. The van der Waals surface area contributed by atoms with Crippen molar-refractivity contribution in [3.8, 4) is 0 Å². The lowest BCUT2D eigenvalue weighted by molar-refractivity contribution is -0.137. The van der Waals surface area contributed by atoms with Crippen molar-refractivity contribution in [1.82, 2.24) is 4.31 Å². The van der Waals surface area contributed by atoms with Crippen LogP contribution in [-0.4, -0.2) is 42.6 Å². The minimum atomic E-state index is -3.25. The van der Waals surface area contributed by atoms with E-state index in [1.165, 1.54) is 4.31 Å². The molecule has 88 valence electrons. The molecule has 0 spiro atoms. The number of hydrogen-bond donors (Lipinski definition) is 1. The topological polar surface area (TPSA) is 74.7 Å². The highest BCUT2D eigenvalue weighted by Gasteiger charge is 2.30. The summed E-state index contributed by atoms with van der Waals surface area (Å²) >= 11 is 0. The fraction of sp³-hybridized carbons (Fsp3) is 0.889. The van der Waals surface area contributed by atoms with Crippen LogP contribution in [0.2, 0.25) is 0 Å². The molecule has 1 aliphatic rings. The van der Waals surface area contributed by atoms with Crippen LogP contribution in [0, 0.1) is 0 Å². The van der Waals surface area contributed by atoms with Gasteiger partial charge in [-0.3, -0.25) is 4.79 Å². The monoisotopic (exact) mass is 235 g/mol. The minimum Gasteiger partial charge on any atom is -0.481 e. The molecule has 1 fully saturated rings. The normalized spacial score (nSPS) is 17.7. The largest absolute Gasteiger partial charge is 0.481 e. The van der Waals surface area contributed by atoms with Gasteiger partial charge in [-0.1, -0.05) is 6.42 Å². The van der Waals surface area contributed by atoms with Crippen molar-refractivity contribution in [3.63, 3.8) is 0 Å². The van der Waals surface area contributed by atoms with Gasteiger partial charge in [-0.2, -0.15) is 0 Å². The number of carbonyl (C=O) groups is 1. The van der Waals surface area contributed by atoms with Gasteiger partial charge >= 0.3 is 5.97 Å². The molecule has 1 N–H and O–H groups in total. The minimum absolute atomic E-state index is 0.0632. The second kappa shape index (κ2) is 4.94. The number of hydrogen-bond acceptors (Lipinski definition) is 3. The van der Waals surface area contributed by atoms with E-state index in [0.29, 0.717) is 0 Å². The van der Waals surface area contributed by atoms with Gasteiger partial charge in [0, 0.05) is 19.5 Å². The van der Waals surface area contributed by atoms with E-state index in [-0.39, 0.29) is 24.6 Å². The van der Waals surface area contributed by atoms with Gasteiger partial charge < -0.3 is 5.11 Å². The first-order chi connectivity index (χ1) is 6.93. The standard InChI is InChI=1S/C9H17NO4S/c1-10(8-4-2-5-8)15(13,14)7-3-6-9(11)12/h8H,2-7H2,1H3,(H,11,12). The molecule has 0 aromatic carbocycles. The third-order valence-electron chi connectivity index (χ3n) is 2.82. The highest BCUT2D eigenvalue weighted by molar-refractivity contribution is 7.89. The summed E-state index contributed by atoms with van der Waals surface area (Å²) in [7, 11) is -1.66. The van der Waals surface area contributed by atoms with Crippen LogP contribution < -0.4 is 0 Å². The molecule has 0 aromatic rings. The second-order valence-electron chi connectivity index (χ2n) is 3.91. The van der Waals surface area contributed by atoms with E-state index < -0.39 is 16.0 Å². The molecular formula is C9H17NO4S. The Bertz CT molecular complexity index is 321. The smallest absolute Gasteiger partial charge is 0.303 e. The van der Waals surface area contributed by atoms with Crippen molar-refractivity contribution in [2.24, 2.45) is 0 Å². The third-order valence-corrected chi connectivity index (χ3v) is 4.80. The first kappa shape index (κ1) is 12.4. The molecule has 6 heteroatoms. The van der Waals surface area contributed by atoms with E-state index in [2.05, 4.69) is 0 Å². The predicted molar refractivity (Wildman–Crippen MR) is 56.1 cm³/mol. The summed E-state index contributed by atoms with van der Waals surface area (Å²) in [5.74, 6) is -1.01. The van der Waals surface area contributed by atoms with E-state index in [1.54, 1.807) is 7.05 Å². The summed E-state index contributed by atoms with van der Waals surface area (Å²) < 4.78 is 24.8. The Balaban J connectivity index is 2.39. The fourth-order valence-electron chi connectivity index (χ4n) is 1.53. The maximum Gasteiger partial charge on any atom is 0.303 e. The van der Waals surface area contributed by atoms with E-state index in [0.717, 1.165) is 19.3 Å². The second-order valence-corrected chi connectivity index (χ2v) is 6.06. The molecule has 1 aliphatic carbocycles. The number of aliphatic carboxylic acids is 1. The molecule has 0 aliphatic heterocycles.